The van der Waals surface area contributed by atoms with Gasteiger partial charge in [0.2, 0.25) is 0 Å². The fraction of sp³-hybridized carbons (Fsp3) is 0.667. The molecule has 0 amide bonds. The number of aliphatic hydroxyl groups excluding tert-OH is 1. The van der Waals surface area contributed by atoms with Crippen LogP contribution in [-0.2, 0) is 14.3 Å². The Hall–Kier alpha value is -1.58. The van der Waals surface area contributed by atoms with E-state index in [2.05, 4.69) is 13.8 Å². The summed E-state index contributed by atoms with van der Waals surface area (Å²) >= 11 is 0. The molecule has 4 heteroatoms. The lowest BCUT2D eigenvalue weighted by molar-refractivity contribution is -0.119. The van der Waals surface area contributed by atoms with Gasteiger partial charge in [0.25, 0.3) is 0 Å². The Morgan fingerprint density at radius 1 is 0.909 bits per heavy atom. The van der Waals surface area contributed by atoms with E-state index in [1.54, 1.807) is 0 Å². The van der Waals surface area contributed by atoms with Gasteiger partial charge in [0.15, 0.2) is 11.6 Å². The first kappa shape index (κ1) is 15.3. The van der Waals surface area contributed by atoms with Crippen molar-refractivity contribution in [1.29, 1.82) is 0 Å². The van der Waals surface area contributed by atoms with Crippen molar-refractivity contribution in [2.24, 2.45) is 16.7 Å². The molecule has 0 spiro atoms. The van der Waals surface area contributed by atoms with Crippen molar-refractivity contribution in [3.05, 3.63) is 22.7 Å². The minimum Gasteiger partial charge on any atom is -0.512 e. The lowest BCUT2D eigenvalue weighted by atomic mass is 9.69. The number of ether oxygens (including phenoxy) is 1. The molecule has 0 aromatic carbocycles. The highest BCUT2D eigenvalue weighted by molar-refractivity contribution is 6.04. The topological polar surface area (TPSA) is 63.6 Å². The summed E-state index contributed by atoms with van der Waals surface area (Å²) in [6.07, 6.45) is 2.08. The molecule has 0 aromatic rings. The summed E-state index contributed by atoms with van der Waals surface area (Å²) < 4.78 is 5.74. The van der Waals surface area contributed by atoms with Crippen LogP contribution < -0.4 is 0 Å². The van der Waals surface area contributed by atoms with Crippen LogP contribution in [0.5, 0.6) is 0 Å². The van der Waals surface area contributed by atoms with Crippen molar-refractivity contribution in [3.63, 3.8) is 0 Å². The van der Waals surface area contributed by atoms with Crippen LogP contribution in [0.15, 0.2) is 22.7 Å². The monoisotopic (exact) mass is 304 g/mol. The molecule has 1 atom stereocenters. The lowest BCUT2D eigenvalue weighted by Crippen LogP contribution is -2.32. The molecule has 0 unspecified atom stereocenters. The second-order valence-corrected chi connectivity index (χ2v) is 8.44. The van der Waals surface area contributed by atoms with E-state index in [-0.39, 0.29) is 34.1 Å². The second-order valence-electron chi connectivity index (χ2n) is 8.44. The average Bonchev–Trinajstić information content (AvgIpc) is 2.68. The fourth-order valence-corrected chi connectivity index (χ4v) is 3.99. The molecule has 120 valence electrons. The number of hydrogen-bond acceptors (Lipinski definition) is 4. The maximum absolute atomic E-state index is 12.5. The molecule has 0 aromatic heterocycles. The number of Topliss-reactive ketones (excluding diaryl/α,β-unsaturated/α-hetero) is 2. The van der Waals surface area contributed by atoms with E-state index >= 15 is 0 Å². The van der Waals surface area contributed by atoms with Crippen molar-refractivity contribution in [3.8, 4) is 0 Å². The Bertz CT molecular complexity index is 619. The zero-order valence-electron chi connectivity index (χ0n) is 13.8. The first-order valence-corrected chi connectivity index (χ1v) is 7.94. The zero-order valence-corrected chi connectivity index (χ0v) is 13.8. The lowest BCUT2D eigenvalue weighted by Gasteiger charge is -2.32. The highest BCUT2D eigenvalue weighted by Gasteiger charge is 2.46. The molecule has 0 radical (unpaired) electrons. The van der Waals surface area contributed by atoms with Crippen LogP contribution in [-0.4, -0.2) is 23.3 Å². The largest absolute Gasteiger partial charge is 0.512 e. The summed E-state index contributed by atoms with van der Waals surface area (Å²) in [5.41, 5.74) is 0.728. The number of allylic oxidation sites excluding steroid dienone is 2. The van der Waals surface area contributed by atoms with Crippen molar-refractivity contribution in [1.82, 2.24) is 0 Å². The molecule has 1 aliphatic heterocycles. The molecule has 1 N–H and O–H groups in total. The minimum absolute atomic E-state index is 0.0475. The van der Waals surface area contributed by atoms with Gasteiger partial charge in [-0.1, -0.05) is 27.7 Å². The van der Waals surface area contributed by atoms with Gasteiger partial charge in [-0.25, -0.2) is 0 Å². The Kier molecular flexibility index (Phi) is 3.28. The smallest absolute Gasteiger partial charge is 0.163 e. The highest BCUT2D eigenvalue weighted by atomic mass is 16.5. The first-order chi connectivity index (χ1) is 10.1. The SMILES string of the molecule is CC1(C)CC(=O)C([C@H]2COC3=C2C(=O)CC(C)(C)C3)=C(O)C1. The summed E-state index contributed by atoms with van der Waals surface area (Å²) in [7, 11) is 0. The van der Waals surface area contributed by atoms with E-state index in [0.29, 0.717) is 37.0 Å². The van der Waals surface area contributed by atoms with Crippen LogP contribution in [0.25, 0.3) is 0 Å². The number of ketones is 2. The standard InChI is InChI=1S/C18H24O4/c1-17(2)5-11(19)15(12(20)6-17)10-9-22-14-8-18(3,4)7-13(21)16(10)14/h10,19H,5-9H2,1-4H3/t10-/m1/s1. The van der Waals surface area contributed by atoms with Gasteiger partial charge < -0.3 is 9.84 Å². The van der Waals surface area contributed by atoms with Crippen molar-refractivity contribution >= 4 is 11.6 Å². The molecule has 0 saturated heterocycles. The van der Waals surface area contributed by atoms with E-state index in [4.69, 9.17) is 4.74 Å². The summed E-state index contributed by atoms with van der Waals surface area (Å²) in [4.78, 5) is 25.0. The third-order valence-corrected chi connectivity index (χ3v) is 4.90. The van der Waals surface area contributed by atoms with Crippen LogP contribution in [0.4, 0.5) is 0 Å². The molecule has 0 bridgehead atoms. The van der Waals surface area contributed by atoms with E-state index in [0.717, 1.165) is 12.2 Å². The molecule has 3 rings (SSSR count). The zero-order chi connectivity index (χ0) is 16.3. The molecule has 0 saturated carbocycles. The van der Waals surface area contributed by atoms with E-state index in [9.17, 15) is 14.7 Å². The Balaban J connectivity index is 1.99. The van der Waals surface area contributed by atoms with Crippen LogP contribution >= 0.6 is 0 Å². The molecular formula is C18H24O4. The summed E-state index contributed by atoms with van der Waals surface area (Å²) in [6, 6.07) is 0. The van der Waals surface area contributed by atoms with Crippen molar-refractivity contribution in [2.75, 3.05) is 6.61 Å². The summed E-state index contributed by atoms with van der Waals surface area (Å²) in [5.74, 6) is 0.507. The van der Waals surface area contributed by atoms with E-state index in [1.165, 1.54) is 0 Å². The number of rotatable bonds is 1. The van der Waals surface area contributed by atoms with Crippen LogP contribution in [0.1, 0.15) is 53.4 Å². The minimum atomic E-state index is -0.373. The molecule has 0 fully saturated rings. The van der Waals surface area contributed by atoms with Gasteiger partial charge in [0.1, 0.15) is 11.5 Å². The van der Waals surface area contributed by atoms with Crippen molar-refractivity contribution < 1.29 is 19.4 Å². The molecule has 4 nitrogen and oxygen atoms in total. The van der Waals surface area contributed by atoms with E-state index < -0.39 is 0 Å². The van der Waals surface area contributed by atoms with Gasteiger partial charge in [0, 0.05) is 36.8 Å². The number of carbonyl (C=O) groups excluding carboxylic acids is 2. The predicted octanol–water partition coefficient (Wildman–Crippen LogP) is 3.48. The van der Waals surface area contributed by atoms with Crippen LogP contribution in [0.3, 0.4) is 0 Å². The summed E-state index contributed by atoms with van der Waals surface area (Å²) in [5, 5.41) is 10.4. The number of aliphatic hydroxyl groups is 1. The van der Waals surface area contributed by atoms with Gasteiger partial charge in [-0.15, -0.1) is 0 Å². The average molecular weight is 304 g/mol. The second kappa shape index (κ2) is 4.71. The molecule has 3 aliphatic rings. The predicted molar refractivity (Wildman–Crippen MR) is 82.2 cm³/mol. The van der Waals surface area contributed by atoms with Gasteiger partial charge in [-0.3, -0.25) is 9.59 Å². The van der Waals surface area contributed by atoms with Crippen LogP contribution in [0.2, 0.25) is 0 Å². The number of hydrogen-bond donors (Lipinski definition) is 1. The third-order valence-electron chi connectivity index (χ3n) is 4.90. The van der Waals surface area contributed by atoms with Gasteiger partial charge in [-0.05, 0) is 10.8 Å². The molecule has 22 heavy (non-hydrogen) atoms. The van der Waals surface area contributed by atoms with Gasteiger partial charge in [0.05, 0.1) is 12.5 Å². The van der Waals surface area contributed by atoms with Gasteiger partial charge >= 0.3 is 0 Å². The number of carbonyl (C=O) groups is 2. The third kappa shape index (κ3) is 2.49. The maximum Gasteiger partial charge on any atom is 0.163 e. The maximum atomic E-state index is 12.5. The van der Waals surface area contributed by atoms with Crippen LogP contribution in [0, 0.1) is 16.7 Å². The molecule has 2 aliphatic carbocycles. The molecule has 1 heterocycles. The Morgan fingerprint density at radius 3 is 2.05 bits per heavy atom. The highest BCUT2D eigenvalue weighted by Crippen LogP contribution is 2.47. The first-order valence-electron chi connectivity index (χ1n) is 7.94. The summed E-state index contributed by atoms with van der Waals surface area (Å²) in [6.45, 7) is 8.36. The Labute approximate surface area is 131 Å². The normalized spacial score (nSPS) is 30.5. The van der Waals surface area contributed by atoms with Crippen molar-refractivity contribution in [2.45, 2.75) is 53.4 Å². The quantitative estimate of drug-likeness (QED) is 0.805. The Morgan fingerprint density at radius 2 is 1.45 bits per heavy atom. The van der Waals surface area contributed by atoms with Gasteiger partial charge in [-0.2, -0.15) is 0 Å². The van der Waals surface area contributed by atoms with E-state index in [1.807, 2.05) is 13.8 Å². The molecular weight excluding hydrogens is 280 g/mol. The fourth-order valence-electron chi connectivity index (χ4n) is 3.99.